The Morgan fingerprint density at radius 2 is 1.93 bits per heavy atom. The number of ether oxygens (including phenoxy) is 1. The molecule has 2 aromatic carbocycles. The number of aromatic nitrogens is 2. The van der Waals surface area contributed by atoms with Gasteiger partial charge in [-0.05, 0) is 43.5 Å². The van der Waals surface area contributed by atoms with Gasteiger partial charge in [0.05, 0.1) is 0 Å². The molecule has 140 valence electrons. The van der Waals surface area contributed by atoms with Crippen LogP contribution in [0.4, 0.5) is 0 Å². The number of hydrogen-bond acceptors (Lipinski definition) is 5. The molecule has 0 saturated heterocycles. The van der Waals surface area contributed by atoms with Crippen LogP contribution >= 0.6 is 11.5 Å². The van der Waals surface area contributed by atoms with Crippen LogP contribution in [0.25, 0.3) is 0 Å². The summed E-state index contributed by atoms with van der Waals surface area (Å²) in [6.45, 7) is 6.68. The SMILES string of the molecule is CCCNC(=O)c1ccc(C)c(Oc2nc(Cc3ccc(C)cc3)ns2)c1. The second kappa shape index (κ2) is 8.77. The van der Waals surface area contributed by atoms with E-state index in [0.717, 1.165) is 23.4 Å². The minimum absolute atomic E-state index is 0.0981. The number of aryl methyl sites for hydroxylation is 2. The Bertz CT molecular complexity index is 919. The molecule has 3 rings (SSSR count). The van der Waals surface area contributed by atoms with Crippen LogP contribution in [0.3, 0.4) is 0 Å². The average Bonchev–Trinajstić information content (AvgIpc) is 3.10. The van der Waals surface area contributed by atoms with Crippen molar-refractivity contribution >= 4 is 17.4 Å². The molecule has 0 unspecified atom stereocenters. The highest BCUT2D eigenvalue weighted by atomic mass is 32.1. The normalized spacial score (nSPS) is 10.6. The first kappa shape index (κ1) is 19.0. The van der Waals surface area contributed by atoms with Crippen LogP contribution in [0.2, 0.25) is 0 Å². The molecule has 0 aliphatic carbocycles. The van der Waals surface area contributed by atoms with E-state index < -0.39 is 0 Å². The summed E-state index contributed by atoms with van der Waals surface area (Å²) in [5.41, 5.74) is 3.91. The van der Waals surface area contributed by atoms with Crippen LogP contribution in [-0.2, 0) is 6.42 Å². The maximum Gasteiger partial charge on any atom is 0.298 e. The fraction of sp³-hybridized carbons (Fsp3) is 0.286. The van der Waals surface area contributed by atoms with Crippen molar-refractivity contribution in [3.05, 3.63) is 70.5 Å². The summed E-state index contributed by atoms with van der Waals surface area (Å²) < 4.78 is 10.3. The monoisotopic (exact) mass is 381 g/mol. The molecule has 0 radical (unpaired) electrons. The summed E-state index contributed by atoms with van der Waals surface area (Å²) in [4.78, 5) is 16.6. The Morgan fingerprint density at radius 1 is 1.15 bits per heavy atom. The lowest BCUT2D eigenvalue weighted by molar-refractivity contribution is 0.0953. The lowest BCUT2D eigenvalue weighted by Crippen LogP contribution is -2.23. The van der Waals surface area contributed by atoms with Gasteiger partial charge >= 0.3 is 0 Å². The fourth-order valence-electron chi connectivity index (χ4n) is 2.53. The number of hydrogen-bond donors (Lipinski definition) is 1. The minimum Gasteiger partial charge on any atom is -0.430 e. The van der Waals surface area contributed by atoms with E-state index in [9.17, 15) is 4.79 Å². The molecule has 0 bridgehead atoms. The molecule has 0 spiro atoms. The molecular weight excluding hydrogens is 358 g/mol. The molecule has 1 heterocycles. The number of amides is 1. The second-order valence-electron chi connectivity index (χ2n) is 6.48. The van der Waals surface area contributed by atoms with Crippen molar-refractivity contribution in [1.29, 1.82) is 0 Å². The third kappa shape index (κ3) is 5.14. The number of carbonyl (C=O) groups is 1. The zero-order valence-electron chi connectivity index (χ0n) is 15.8. The average molecular weight is 382 g/mol. The molecule has 0 aliphatic rings. The molecule has 1 amide bonds. The molecule has 27 heavy (non-hydrogen) atoms. The van der Waals surface area contributed by atoms with E-state index in [-0.39, 0.29) is 5.91 Å². The molecule has 0 fully saturated rings. The predicted molar refractivity (Wildman–Crippen MR) is 108 cm³/mol. The third-order valence-electron chi connectivity index (χ3n) is 4.12. The van der Waals surface area contributed by atoms with Gasteiger partial charge in [0.1, 0.15) is 5.75 Å². The van der Waals surface area contributed by atoms with E-state index in [1.807, 2.05) is 19.9 Å². The molecular formula is C21H23N3O2S. The van der Waals surface area contributed by atoms with Crippen molar-refractivity contribution < 1.29 is 9.53 Å². The Labute approximate surface area is 163 Å². The topological polar surface area (TPSA) is 64.1 Å². The van der Waals surface area contributed by atoms with Crippen molar-refractivity contribution in [3.63, 3.8) is 0 Å². The smallest absolute Gasteiger partial charge is 0.298 e. The first-order valence-electron chi connectivity index (χ1n) is 9.00. The van der Waals surface area contributed by atoms with Gasteiger partial charge in [-0.3, -0.25) is 4.79 Å². The molecule has 0 aliphatic heterocycles. The molecule has 5 nitrogen and oxygen atoms in total. The van der Waals surface area contributed by atoms with E-state index in [4.69, 9.17) is 4.74 Å². The van der Waals surface area contributed by atoms with E-state index in [2.05, 4.69) is 45.9 Å². The summed E-state index contributed by atoms with van der Waals surface area (Å²) in [6.07, 6.45) is 1.56. The molecule has 1 N–H and O–H groups in total. The van der Waals surface area contributed by atoms with Crippen LogP contribution in [0.5, 0.6) is 10.9 Å². The molecule has 0 saturated carbocycles. The summed E-state index contributed by atoms with van der Waals surface area (Å²) in [5, 5.41) is 3.35. The zero-order chi connectivity index (χ0) is 19.2. The van der Waals surface area contributed by atoms with Crippen LogP contribution in [-0.4, -0.2) is 21.8 Å². The summed E-state index contributed by atoms with van der Waals surface area (Å²) >= 11 is 1.22. The summed E-state index contributed by atoms with van der Waals surface area (Å²) in [6, 6.07) is 13.8. The Kier molecular flexibility index (Phi) is 6.19. The van der Waals surface area contributed by atoms with Crippen molar-refractivity contribution in [1.82, 2.24) is 14.7 Å². The van der Waals surface area contributed by atoms with Crippen molar-refractivity contribution in [3.8, 4) is 10.9 Å². The van der Waals surface area contributed by atoms with Crippen LogP contribution in [0, 0.1) is 13.8 Å². The van der Waals surface area contributed by atoms with Gasteiger partial charge in [-0.1, -0.05) is 42.8 Å². The molecule has 3 aromatic rings. The zero-order valence-corrected chi connectivity index (χ0v) is 16.6. The van der Waals surface area contributed by atoms with Gasteiger partial charge in [0, 0.05) is 30.1 Å². The lowest BCUT2D eigenvalue weighted by Gasteiger charge is -2.08. The van der Waals surface area contributed by atoms with E-state index in [1.54, 1.807) is 12.1 Å². The highest BCUT2D eigenvalue weighted by Gasteiger charge is 2.12. The standard InChI is InChI=1S/C21H23N3O2S/c1-4-11-22-20(25)17-10-7-15(3)18(13-17)26-21-23-19(24-27-21)12-16-8-5-14(2)6-9-16/h5-10,13H,4,11-12H2,1-3H3,(H,22,25). The highest BCUT2D eigenvalue weighted by molar-refractivity contribution is 7.07. The second-order valence-corrected chi connectivity index (χ2v) is 7.19. The first-order chi connectivity index (χ1) is 13.0. The van der Waals surface area contributed by atoms with Gasteiger partial charge in [0.25, 0.3) is 11.1 Å². The Morgan fingerprint density at radius 3 is 2.67 bits per heavy atom. The third-order valence-corrected chi connectivity index (χ3v) is 4.75. The number of nitrogens with zero attached hydrogens (tertiary/aromatic N) is 2. The molecule has 6 heteroatoms. The maximum atomic E-state index is 12.2. The van der Waals surface area contributed by atoms with E-state index in [1.165, 1.54) is 17.1 Å². The quantitative estimate of drug-likeness (QED) is 0.645. The van der Waals surface area contributed by atoms with Gasteiger partial charge < -0.3 is 10.1 Å². The van der Waals surface area contributed by atoms with Gasteiger partial charge in [0.2, 0.25) is 0 Å². The minimum atomic E-state index is -0.0981. The summed E-state index contributed by atoms with van der Waals surface area (Å²) in [5.74, 6) is 1.25. The highest BCUT2D eigenvalue weighted by Crippen LogP contribution is 2.28. The van der Waals surface area contributed by atoms with Gasteiger partial charge in [-0.15, -0.1) is 0 Å². The number of carbonyl (C=O) groups excluding carboxylic acids is 1. The summed E-state index contributed by atoms with van der Waals surface area (Å²) in [7, 11) is 0. The first-order valence-corrected chi connectivity index (χ1v) is 9.77. The van der Waals surface area contributed by atoms with E-state index >= 15 is 0 Å². The van der Waals surface area contributed by atoms with Crippen LogP contribution in [0.15, 0.2) is 42.5 Å². The van der Waals surface area contributed by atoms with Crippen molar-refractivity contribution in [2.24, 2.45) is 0 Å². The van der Waals surface area contributed by atoms with Crippen LogP contribution < -0.4 is 10.1 Å². The van der Waals surface area contributed by atoms with E-state index in [0.29, 0.717) is 29.5 Å². The lowest BCUT2D eigenvalue weighted by atomic mass is 10.1. The van der Waals surface area contributed by atoms with Gasteiger partial charge in [0.15, 0.2) is 5.82 Å². The van der Waals surface area contributed by atoms with Crippen molar-refractivity contribution in [2.75, 3.05) is 6.54 Å². The van der Waals surface area contributed by atoms with Crippen LogP contribution in [0.1, 0.15) is 46.2 Å². The van der Waals surface area contributed by atoms with Crippen molar-refractivity contribution in [2.45, 2.75) is 33.6 Å². The maximum absolute atomic E-state index is 12.2. The number of benzene rings is 2. The predicted octanol–water partition coefficient (Wildman–Crippen LogP) is 4.68. The van der Waals surface area contributed by atoms with Gasteiger partial charge in [-0.25, -0.2) is 0 Å². The number of rotatable bonds is 7. The Hall–Kier alpha value is -2.73. The molecule has 1 aromatic heterocycles. The van der Waals surface area contributed by atoms with Gasteiger partial charge in [-0.2, -0.15) is 9.36 Å². The largest absolute Gasteiger partial charge is 0.430 e. The number of nitrogens with one attached hydrogen (secondary N) is 1. The fourth-order valence-corrected chi connectivity index (χ4v) is 3.09. The Balaban J connectivity index is 1.71. The molecule has 0 atom stereocenters.